The number of rotatable bonds is 7. The van der Waals surface area contributed by atoms with E-state index in [0.29, 0.717) is 17.1 Å². The Bertz CT molecular complexity index is 1130. The minimum atomic E-state index is -0.709. The van der Waals surface area contributed by atoms with Crippen LogP contribution in [0.25, 0.3) is 10.8 Å². The third-order valence-electron chi connectivity index (χ3n) is 4.66. The average Bonchev–Trinajstić information content (AvgIpc) is 3.24. The van der Waals surface area contributed by atoms with Gasteiger partial charge in [0.1, 0.15) is 5.82 Å². The van der Waals surface area contributed by atoms with E-state index in [1.54, 1.807) is 18.3 Å². The van der Waals surface area contributed by atoms with Crippen LogP contribution in [0.15, 0.2) is 28.9 Å². The van der Waals surface area contributed by atoms with Crippen LogP contribution in [0.2, 0.25) is 5.02 Å². The number of nitrogen functional groups attached to an aromatic ring is 1. The zero-order chi connectivity index (χ0) is 22.4. The maximum absolute atomic E-state index is 12.2. The fraction of sp³-hybridized carbons (Fsp3) is 0.333. The summed E-state index contributed by atoms with van der Waals surface area (Å²) in [5.74, 6) is 5.04. The molecule has 0 saturated heterocycles. The van der Waals surface area contributed by atoms with Gasteiger partial charge in [0.05, 0.1) is 11.7 Å². The molecule has 1 atom stereocenters. The van der Waals surface area contributed by atoms with E-state index in [1.165, 1.54) is 0 Å². The number of hydrogen-bond acceptors (Lipinski definition) is 8. The van der Waals surface area contributed by atoms with Gasteiger partial charge in [0.15, 0.2) is 0 Å². The molecule has 0 aliphatic heterocycles. The Morgan fingerprint density at radius 2 is 2.13 bits per heavy atom. The van der Waals surface area contributed by atoms with Crippen molar-refractivity contribution in [1.82, 2.24) is 25.3 Å². The predicted octanol–water partition coefficient (Wildman–Crippen LogP) is 1.69. The number of amides is 1. The van der Waals surface area contributed by atoms with E-state index in [2.05, 4.69) is 37.2 Å². The summed E-state index contributed by atoms with van der Waals surface area (Å²) in [7, 11) is 0. The number of aliphatic hydroxyl groups excluding tert-OH is 1. The van der Waals surface area contributed by atoms with Gasteiger partial charge in [-0.2, -0.15) is 4.98 Å². The maximum Gasteiger partial charge on any atom is 0.316 e. The minimum absolute atomic E-state index is 0.0206. The van der Waals surface area contributed by atoms with Gasteiger partial charge in [0, 0.05) is 35.1 Å². The summed E-state index contributed by atoms with van der Waals surface area (Å²) in [5.41, 5.74) is 6.45. The molecule has 2 aromatic heterocycles. The van der Waals surface area contributed by atoms with Crippen molar-refractivity contribution in [3.05, 3.63) is 46.7 Å². The predicted molar refractivity (Wildman–Crippen MR) is 118 cm³/mol. The first-order valence-corrected chi connectivity index (χ1v) is 10.2. The third kappa shape index (κ3) is 5.70. The molecule has 0 aliphatic carbocycles. The highest BCUT2D eigenvalue weighted by molar-refractivity contribution is 6.31. The Hall–Kier alpha value is -3.19. The van der Waals surface area contributed by atoms with Gasteiger partial charge in [-0.1, -0.05) is 37.4 Å². The number of aromatic nitrogens is 3. The van der Waals surface area contributed by atoms with Crippen molar-refractivity contribution in [2.75, 3.05) is 31.9 Å². The number of benzene rings is 1. The molecule has 0 fully saturated rings. The quantitative estimate of drug-likeness (QED) is 0.471. The summed E-state index contributed by atoms with van der Waals surface area (Å²) in [6.45, 7) is 6.17. The number of aliphatic hydroxyl groups is 1. The van der Waals surface area contributed by atoms with Gasteiger partial charge in [-0.25, -0.2) is 4.98 Å². The number of anilines is 1. The first-order valence-electron chi connectivity index (χ1n) is 9.79. The molecule has 1 amide bonds. The van der Waals surface area contributed by atoms with Crippen LogP contribution in [0.5, 0.6) is 0 Å². The fourth-order valence-corrected chi connectivity index (χ4v) is 3.12. The lowest BCUT2D eigenvalue weighted by Gasteiger charge is -2.21. The summed E-state index contributed by atoms with van der Waals surface area (Å²) < 4.78 is 4.97. The molecule has 0 saturated carbocycles. The van der Waals surface area contributed by atoms with Crippen molar-refractivity contribution in [3.63, 3.8) is 0 Å². The second-order valence-electron chi connectivity index (χ2n) is 6.77. The number of nitrogens with one attached hydrogen (secondary N) is 1. The Morgan fingerprint density at radius 1 is 1.35 bits per heavy atom. The van der Waals surface area contributed by atoms with E-state index in [1.807, 2.05) is 19.9 Å². The summed E-state index contributed by atoms with van der Waals surface area (Å²) >= 11 is 6.08. The molecule has 1 aromatic carbocycles. The molecule has 9 nitrogen and oxygen atoms in total. The number of hydrogen-bond donors (Lipinski definition) is 3. The fourth-order valence-electron chi connectivity index (χ4n) is 2.95. The topological polar surface area (TPSA) is 130 Å². The van der Waals surface area contributed by atoms with E-state index in [9.17, 15) is 9.90 Å². The molecule has 0 bridgehead atoms. The number of fused-ring (bicyclic) bond motifs is 1. The largest absolute Gasteiger partial charge is 0.390 e. The second-order valence-corrected chi connectivity index (χ2v) is 7.21. The normalized spacial score (nSPS) is 11.9. The number of nitrogens with zero attached hydrogens (tertiary/aromatic N) is 4. The molecule has 0 aliphatic rings. The van der Waals surface area contributed by atoms with Gasteiger partial charge in [-0.3, -0.25) is 4.79 Å². The first-order chi connectivity index (χ1) is 14.9. The van der Waals surface area contributed by atoms with E-state index in [4.69, 9.17) is 21.9 Å². The zero-order valence-corrected chi connectivity index (χ0v) is 18.0. The van der Waals surface area contributed by atoms with Crippen LogP contribution in [0, 0.1) is 11.8 Å². The molecule has 31 heavy (non-hydrogen) atoms. The molecule has 3 aromatic rings. The van der Waals surface area contributed by atoms with Crippen LogP contribution in [-0.2, 0) is 0 Å². The lowest BCUT2D eigenvalue weighted by molar-refractivity contribution is 0.0831. The van der Waals surface area contributed by atoms with Crippen molar-refractivity contribution in [2.24, 2.45) is 0 Å². The van der Waals surface area contributed by atoms with Crippen molar-refractivity contribution >= 4 is 34.1 Å². The number of pyridine rings is 1. The van der Waals surface area contributed by atoms with Gasteiger partial charge in [-0.05, 0) is 36.3 Å². The maximum atomic E-state index is 12.2. The molecule has 10 heteroatoms. The smallest absolute Gasteiger partial charge is 0.316 e. The number of halogens is 1. The summed E-state index contributed by atoms with van der Waals surface area (Å²) in [6.07, 6.45) is 0.928. The molecule has 0 radical (unpaired) electrons. The second kappa shape index (κ2) is 10.2. The van der Waals surface area contributed by atoms with Crippen molar-refractivity contribution in [2.45, 2.75) is 20.0 Å². The van der Waals surface area contributed by atoms with Gasteiger partial charge in [-0.15, -0.1) is 0 Å². The van der Waals surface area contributed by atoms with Crippen LogP contribution >= 0.6 is 11.6 Å². The van der Waals surface area contributed by atoms with E-state index < -0.39 is 12.0 Å². The van der Waals surface area contributed by atoms with Crippen LogP contribution in [-0.4, -0.2) is 63.3 Å². The van der Waals surface area contributed by atoms with Gasteiger partial charge in [0.2, 0.25) is 5.82 Å². The van der Waals surface area contributed by atoms with E-state index >= 15 is 0 Å². The van der Waals surface area contributed by atoms with Crippen LogP contribution in [0.4, 0.5) is 5.82 Å². The number of carbonyl (C=O) groups excluding carboxylic acids is 1. The van der Waals surface area contributed by atoms with Crippen LogP contribution in [0.3, 0.4) is 0 Å². The summed E-state index contributed by atoms with van der Waals surface area (Å²) in [4.78, 5) is 22.4. The summed E-state index contributed by atoms with van der Waals surface area (Å²) in [6, 6.07) is 5.32. The van der Waals surface area contributed by atoms with Gasteiger partial charge in [0.25, 0.3) is 0 Å². The minimum Gasteiger partial charge on any atom is -0.390 e. The Labute approximate surface area is 184 Å². The highest BCUT2D eigenvalue weighted by Crippen LogP contribution is 2.24. The van der Waals surface area contributed by atoms with E-state index in [-0.39, 0.29) is 24.1 Å². The third-order valence-corrected chi connectivity index (χ3v) is 4.90. The van der Waals surface area contributed by atoms with Crippen LogP contribution < -0.4 is 11.1 Å². The van der Waals surface area contributed by atoms with Crippen molar-refractivity contribution in [1.29, 1.82) is 0 Å². The Balaban J connectivity index is 1.70. The van der Waals surface area contributed by atoms with Crippen molar-refractivity contribution < 1.29 is 14.4 Å². The first kappa shape index (κ1) is 22.5. The Kier molecular flexibility index (Phi) is 7.41. The lowest BCUT2D eigenvalue weighted by atomic mass is 10.1. The van der Waals surface area contributed by atoms with Gasteiger partial charge < -0.3 is 25.6 Å². The summed E-state index contributed by atoms with van der Waals surface area (Å²) in [5, 5.41) is 18.5. The monoisotopic (exact) mass is 442 g/mol. The average molecular weight is 443 g/mol. The van der Waals surface area contributed by atoms with E-state index in [0.717, 1.165) is 23.9 Å². The molecule has 2 heterocycles. The number of carbonyl (C=O) groups is 1. The molecular formula is C21H23ClN6O3. The molecular weight excluding hydrogens is 420 g/mol. The number of nitrogens with two attached hydrogens (primary N) is 1. The Morgan fingerprint density at radius 3 is 2.87 bits per heavy atom. The SMILES string of the molecule is CCN(CC)CC(O)CNC(=O)c1nc(C#Cc2c(N)ncc3ccc(Cl)cc23)no1. The molecule has 1 unspecified atom stereocenters. The van der Waals surface area contributed by atoms with Crippen molar-refractivity contribution in [3.8, 4) is 11.8 Å². The molecule has 0 spiro atoms. The number of likely N-dealkylation sites (N-methyl/N-ethyl adjacent to an activating group) is 1. The molecule has 4 N–H and O–H groups in total. The van der Waals surface area contributed by atoms with Crippen LogP contribution in [0.1, 0.15) is 35.9 Å². The van der Waals surface area contributed by atoms with Gasteiger partial charge >= 0.3 is 11.8 Å². The zero-order valence-electron chi connectivity index (χ0n) is 17.2. The highest BCUT2D eigenvalue weighted by Gasteiger charge is 2.17. The lowest BCUT2D eigenvalue weighted by Crippen LogP contribution is -2.40. The highest BCUT2D eigenvalue weighted by atomic mass is 35.5. The molecule has 162 valence electrons. The molecule has 3 rings (SSSR count). The standard InChI is InChI=1S/C21H23ClN6O3/c1-3-28(4-2)12-15(29)11-25-20(30)21-26-18(27-31-21)8-7-16-17-9-14(22)6-5-13(17)10-24-19(16)23/h5-6,9-10,15,29H,3-4,11-12H2,1-2H3,(H2,23,24)(H,25,30).